The summed E-state index contributed by atoms with van der Waals surface area (Å²) in [5.41, 5.74) is 0. The smallest absolute Gasteiger partial charge is 0.249 e. The summed E-state index contributed by atoms with van der Waals surface area (Å²) in [6, 6.07) is -0.981. The summed E-state index contributed by atoms with van der Waals surface area (Å²) in [6.07, 6.45) is 36.6. The molecule has 0 aliphatic carbocycles. The number of allylic oxidation sites excluding steroid dienone is 2. The molecule has 0 radical (unpaired) electrons. The van der Waals surface area contributed by atoms with E-state index in [0.717, 1.165) is 38.5 Å². The van der Waals surface area contributed by atoms with Crippen LogP contribution in [0.15, 0.2) is 12.2 Å². The number of carbonyl (C=O) groups is 1. The van der Waals surface area contributed by atoms with Gasteiger partial charge in [-0.05, 0) is 32.1 Å². The summed E-state index contributed by atoms with van der Waals surface area (Å²) in [6.45, 7) is 3.99. The van der Waals surface area contributed by atoms with Gasteiger partial charge in [-0.1, -0.05) is 187 Å². The molecule has 0 saturated heterocycles. The van der Waals surface area contributed by atoms with Gasteiger partial charge in [-0.3, -0.25) is 4.79 Å². The molecule has 46 heavy (non-hydrogen) atoms. The number of rotatable bonds is 36. The molecule has 0 heterocycles. The molecule has 4 atom stereocenters. The van der Waals surface area contributed by atoms with Gasteiger partial charge in [0.25, 0.3) is 0 Å². The van der Waals surface area contributed by atoms with Crippen molar-refractivity contribution in [3.05, 3.63) is 12.2 Å². The first-order chi connectivity index (χ1) is 22.5. The maximum absolute atomic E-state index is 12.5. The normalized spacial score (nSPS) is 14.5. The number of carbonyl (C=O) groups excluding carboxylic acids is 1. The number of hydrogen-bond donors (Lipinski definition) is 5. The molecule has 0 spiro atoms. The zero-order chi connectivity index (χ0) is 33.9. The topological polar surface area (TPSA) is 110 Å². The van der Waals surface area contributed by atoms with Crippen LogP contribution in [0.5, 0.6) is 0 Å². The highest BCUT2D eigenvalue weighted by molar-refractivity contribution is 5.80. The van der Waals surface area contributed by atoms with E-state index in [2.05, 4.69) is 31.3 Å². The van der Waals surface area contributed by atoms with E-state index < -0.39 is 36.9 Å². The van der Waals surface area contributed by atoms with Gasteiger partial charge in [0.15, 0.2) is 0 Å². The van der Waals surface area contributed by atoms with Crippen LogP contribution in [0.25, 0.3) is 0 Å². The van der Waals surface area contributed by atoms with Gasteiger partial charge in [-0.15, -0.1) is 0 Å². The minimum Gasteiger partial charge on any atom is -0.394 e. The SMILES string of the molecule is CCCC=CCCCCCCCCCCC[C@@H](O)[C@@H](O)[C@H](CO)NC(=O)[C@H](O)CCCCCCCCCCCCCCCCCC. The van der Waals surface area contributed by atoms with Gasteiger partial charge in [0, 0.05) is 0 Å². The second-order valence-electron chi connectivity index (χ2n) is 14.0. The quantitative estimate of drug-likeness (QED) is 0.0342. The number of aliphatic hydroxyl groups excluding tert-OH is 4. The summed E-state index contributed by atoms with van der Waals surface area (Å²) in [4.78, 5) is 12.5. The molecule has 1 amide bonds. The summed E-state index contributed by atoms with van der Waals surface area (Å²) in [7, 11) is 0. The number of hydrogen-bond acceptors (Lipinski definition) is 5. The van der Waals surface area contributed by atoms with Crippen molar-refractivity contribution in [2.45, 2.75) is 231 Å². The first-order valence-corrected chi connectivity index (χ1v) is 20.1. The third-order valence-corrected chi connectivity index (χ3v) is 9.46. The van der Waals surface area contributed by atoms with Crippen molar-refractivity contribution in [3.8, 4) is 0 Å². The van der Waals surface area contributed by atoms with Crippen LogP contribution in [0, 0.1) is 0 Å². The van der Waals surface area contributed by atoms with Crippen LogP contribution in [-0.2, 0) is 4.79 Å². The molecule has 274 valence electrons. The minimum atomic E-state index is -1.26. The van der Waals surface area contributed by atoms with Gasteiger partial charge in [-0.25, -0.2) is 0 Å². The van der Waals surface area contributed by atoms with Crippen LogP contribution >= 0.6 is 0 Å². The lowest BCUT2D eigenvalue weighted by atomic mass is 9.99. The van der Waals surface area contributed by atoms with Gasteiger partial charge < -0.3 is 25.7 Å². The maximum Gasteiger partial charge on any atom is 0.249 e. The van der Waals surface area contributed by atoms with E-state index in [-0.39, 0.29) is 0 Å². The molecular weight excluding hydrogens is 574 g/mol. The molecule has 0 saturated carbocycles. The summed E-state index contributed by atoms with van der Waals surface area (Å²) in [5, 5.41) is 43.5. The van der Waals surface area contributed by atoms with Crippen molar-refractivity contribution in [2.24, 2.45) is 0 Å². The second-order valence-corrected chi connectivity index (χ2v) is 14.0. The van der Waals surface area contributed by atoms with Crippen LogP contribution < -0.4 is 5.32 Å². The first-order valence-electron chi connectivity index (χ1n) is 20.1. The Morgan fingerprint density at radius 1 is 0.522 bits per heavy atom. The molecule has 6 nitrogen and oxygen atoms in total. The highest BCUT2D eigenvalue weighted by Crippen LogP contribution is 2.16. The van der Waals surface area contributed by atoms with Gasteiger partial charge in [0.05, 0.1) is 18.8 Å². The Bertz CT molecular complexity index is 658. The summed E-state index contributed by atoms with van der Waals surface area (Å²) >= 11 is 0. The second kappa shape index (κ2) is 35.4. The predicted octanol–water partition coefficient (Wildman–Crippen LogP) is 9.85. The van der Waals surface area contributed by atoms with Gasteiger partial charge in [-0.2, -0.15) is 0 Å². The van der Waals surface area contributed by atoms with Gasteiger partial charge >= 0.3 is 0 Å². The van der Waals surface area contributed by atoms with Crippen molar-refractivity contribution >= 4 is 5.91 Å². The Labute approximate surface area is 285 Å². The first kappa shape index (κ1) is 45.0. The maximum atomic E-state index is 12.5. The monoisotopic (exact) mass is 654 g/mol. The Hall–Kier alpha value is -0.950. The molecule has 0 aliphatic rings. The molecule has 6 heteroatoms. The highest BCUT2D eigenvalue weighted by Gasteiger charge is 2.28. The minimum absolute atomic E-state index is 0.372. The van der Waals surface area contributed by atoms with Crippen LogP contribution in [0.2, 0.25) is 0 Å². The largest absolute Gasteiger partial charge is 0.394 e. The van der Waals surface area contributed by atoms with Crippen LogP contribution in [0.3, 0.4) is 0 Å². The third kappa shape index (κ3) is 29.2. The molecule has 0 aromatic carbocycles. The van der Waals surface area contributed by atoms with Crippen molar-refractivity contribution < 1.29 is 25.2 Å². The van der Waals surface area contributed by atoms with Crippen molar-refractivity contribution in [1.82, 2.24) is 5.32 Å². The summed E-state index contributed by atoms with van der Waals surface area (Å²) < 4.78 is 0. The van der Waals surface area contributed by atoms with Crippen LogP contribution in [-0.4, -0.2) is 57.3 Å². The van der Waals surface area contributed by atoms with E-state index in [1.807, 2.05) is 0 Å². The van der Waals surface area contributed by atoms with E-state index in [0.29, 0.717) is 12.8 Å². The lowest BCUT2D eigenvalue weighted by Crippen LogP contribution is -2.53. The summed E-state index contributed by atoms with van der Waals surface area (Å²) in [5.74, 6) is -0.584. The molecule has 0 bridgehead atoms. The molecule has 5 N–H and O–H groups in total. The number of nitrogens with one attached hydrogen (secondary N) is 1. The molecule has 0 aromatic heterocycles. The Kier molecular flexibility index (Phi) is 34.6. The predicted molar refractivity (Wildman–Crippen MR) is 196 cm³/mol. The average molecular weight is 654 g/mol. The number of unbranched alkanes of at least 4 members (excludes halogenated alkanes) is 25. The Balaban J connectivity index is 3.76. The molecule has 0 rings (SSSR count). The van der Waals surface area contributed by atoms with E-state index >= 15 is 0 Å². The van der Waals surface area contributed by atoms with Crippen molar-refractivity contribution in [3.63, 3.8) is 0 Å². The Morgan fingerprint density at radius 2 is 0.913 bits per heavy atom. The molecular formula is C40H79NO5. The lowest BCUT2D eigenvalue weighted by Gasteiger charge is -2.27. The van der Waals surface area contributed by atoms with Crippen molar-refractivity contribution in [2.75, 3.05) is 6.61 Å². The molecule has 0 fully saturated rings. The molecule has 0 unspecified atom stereocenters. The molecule has 0 aliphatic heterocycles. The van der Waals surface area contributed by atoms with Gasteiger partial charge in [0.2, 0.25) is 5.91 Å². The van der Waals surface area contributed by atoms with E-state index in [1.54, 1.807) is 0 Å². The fraction of sp³-hybridized carbons (Fsp3) is 0.925. The van der Waals surface area contributed by atoms with E-state index in [1.165, 1.54) is 141 Å². The Morgan fingerprint density at radius 3 is 1.35 bits per heavy atom. The number of amides is 1. The van der Waals surface area contributed by atoms with E-state index in [4.69, 9.17) is 0 Å². The van der Waals surface area contributed by atoms with Gasteiger partial charge in [0.1, 0.15) is 12.2 Å². The fourth-order valence-corrected chi connectivity index (χ4v) is 6.23. The van der Waals surface area contributed by atoms with Crippen molar-refractivity contribution in [1.29, 1.82) is 0 Å². The van der Waals surface area contributed by atoms with Crippen LogP contribution in [0.1, 0.15) is 206 Å². The lowest BCUT2D eigenvalue weighted by molar-refractivity contribution is -0.132. The zero-order valence-corrected chi connectivity index (χ0v) is 30.6. The highest BCUT2D eigenvalue weighted by atomic mass is 16.3. The standard InChI is InChI=1S/C40H79NO5/c1-3-5-7-9-11-13-15-17-19-20-22-24-26-28-30-32-34-38(44)40(46)41-36(35-42)39(45)37(43)33-31-29-27-25-23-21-18-16-14-12-10-8-6-4-2/h8,10,36-39,42-45H,3-7,9,11-35H2,1-2H3,(H,41,46)/t36-,37+,38+,39-/m0/s1. The van der Waals surface area contributed by atoms with Crippen LogP contribution in [0.4, 0.5) is 0 Å². The third-order valence-electron chi connectivity index (χ3n) is 9.46. The zero-order valence-electron chi connectivity index (χ0n) is 30.6. The van der Waals surface area contributed by atoms with E-state index in [9.17, 15) is 25.2 Å². The number of aliphatic hydroxyl groups is 4. The fourth-order valence-electron chi connectivity index (χ4n) is 6.23. The molecule has 0 aromatic rings. The average Bonchev–Trinajstić information content (AvgIpc) is 3.06.